The third-order valence-corrected chi connectivity index (χ3v) is 3.30. The zero-order valence-corrected chi connectivity index (χ0v) is 9.34. The molecule has 84 valence electrons. The molecule has 1 heterocycles. The van der Waals surface area contributed by atoms with Crippen molar-refractivity contribution >= 4 is 33.6 Å². The second-order valence-electron chi connectivity index (χ2n) is 3.13. The standard InChI is InChI=1S/C10H5F3OS2/c11-10(12,13)5-2-1-3-7-9(5)6(14)4-8(15)16-7/h1-4,14H. The van der Waals surface area contributed by atoms with E-state index in [2.05, 4.69) is 0 Å². The molecule has 0 spiro atoms. The van der Waals surface area contributed by atoms with Gasteiger partial charge in [0, 0.05) is 16.2 Å². The summed E-state index contributed by atoms with van der Waals surface area (Å²) in [6.45, 7) is 0. The van der Waals surface area contributed by atoms with E-state index in [0.717, 1.165) is 23.5 Å². The smallest absolute Gasteiger partial charge is 0.417 e. The predicted octanol–water partition coefficient (Wildman–Crippen LogP) is 4.36. The Morgan fingerprint density at radius 2 is 1.94 bits per heavy atom. The zero-order valence-electron chi connectivity index (χ0n) is 7.71. The molecule has 0 aliphatic heterocycles. The minimum atomic E-state index is -4.48. The van der Waals surface area contributed by atoms with Gasteiger partial charge in [-0.25, -0.2) is 0 Å². The maximum atomic E-state index is 12.7. The lowest BCUT2D eigenvalue weighted by molar-refractivity contribution is -0.136. The van der Waals surface area contributed by atoms with E-state index in [1.54, 1.807) is 0 Å². The van der Waals surface area contributed by atoms with E-state index >= 15 is 0 Å². The largest absolute Gasteiger partial charge is 0.507 e. The van der Waals surface area contributed by atoms with Crippen LogP contribution in [0.1, 0.15) is 5.56 Å². The predicted molar refractivity (Wildman–Crippen MR) is 59.3 cm³/mol. The van der Waals surface area contributed by atoms with E-state index in [1.165, 1.54) is 12.1 Å². The summed E-state index contributed by atoms with van der Waals surface area (Å²) >= 11 is 5.88. The summed E-state index contributed by atoms with van der Waals surface area (Å²) in [6.07, 6.45) is -4.48. The summed E-state index contributed by atoms with van der Waals surface area (Å²) in [5, 5.41) is 9.35. The number of benzene rings is 1. The number of aromatic hydroxyl groups is 1. The molecule has 0 atom stereocenters. The van der Waals surface area contributed by atoms with Crippen LogP contribution in [0.2, 0.25) is 0 Å². The molecular weight excluding hydrogens is 257 g/mol. The molecule has 0 aliphatic carbocycles. The molecule has 2 rings (SSSR count). The molecule has 1 N–H and O–H groups in total. The fourth-order valence-electron chi connectivity index (χ4n) is 1.44. The van der Waals surface area contributed by atoms with Gasteiger partial charge in [0.25, 0.3) is 0 Å². The van der Waals surface area contributed by atoms with Crippen LogP contribution in [-0.4, -0.2) is 5.11 Å². The third-order valence-electron chi connectivity index (χ3n) is 2.05. The van der Waals surface area contributed by atoms with Crippen LogP contribution in [0.3, 0.4) is 0 Å². The normalized spacial score (nSPS) is 11.9. The number of halogens is 3. The van der Waals surface area contributed by atoms with Crippen LogP contribution in [-0.2, 0) is 6.18 Å². The molecule has 0 saturated heterocycles. The number of hydrogen-bond donors (Lipinski definition) is 1. The summed E-state index contributed by atoms with van der Waals surface area (Å²) in [4.78, 5) is 0. The van der Waals surface area contributed by atoms with E-state index in [4.69, 9.17) is 12.2 Å². The van der Waals surface area contributed by atoms with Gasteiger partial charge in [0.1, 0.15) is 5.75 Å². The highest BCUT2D eigenvalue weighted by atomic mass is 32.1. The molecule has 0 fully saturated rings. The van der Waals surface area contributed by atoms with Crippen molar-refractivity contribution in [3.8, 4) is 5.75 Å². The fourth-order valence-corrected chi connectivity index (χ4v) is 2.67. The first-order valence-corrected chi connectivity index (χ1v) is 5.45. The highest BCUT2D eigenvalue weighted by molar-refractivity contribution is 7.73. The van der Waals surface area contributed by atoms with Gasteiger partial charge in [0.2, 0.25) is 0 Å². The van der Waals surface area contributed by atoms with Gasteiger partial charge in [0.05, 0.1) is 9.39 Å². The van der Waals surface area contributed by atoms with Crippen LogP contribution in [0.5, 0.6) is 5.75 Å². The van der Waals surface area contributed by atoms with Crippen LogP contribution >= 0.6 is 23.6 Å². The molecule has 16 heavy (non-hydrogen) atoms. The first kappa shape index (κ1) is 11.3. The van der Waals surface area contributed by atoms with E-state index < -0.39 is 17.5 Å². The Bertz CT molecular complexity index is 601. The Morgan fingerprint density at radius 3 is 2.56 bits per heavy atom. The van der Waals surface area contributed by atoms with E-state index in [9.17, 15) is 18.3 Å². The van der Waals surface area contributed by atoms with Gasteiger partial charge >= 0.3 is 6.18 Å². The Hall–Kier alpha value is -1.14. The second-order valence-corrected chi connectivity index (χ2v) is 4.91. The highest BCUT2D eigenvalue weighted by Crippen LogP contribution is 2.40. The topological polar surface area (TPSA) is 20.2 Å². The summed E-state index contributed by atoms with van der Waals surface area (Å²) in [5.41, 5.74) is -0.839. The first-order valence-electron chi connectivity index (χ1n) is 4.22. The molecule has 0 radical (unpaired) electrons. The number of rotatable bonds is 0. The monoisotopic (exact) mass is 262 g/mol. The molecule has 1 nitrogen and oxygen atoms in total. The van der Waals surface area contributed by atoms with Gasteiger partial charge in [-0.1, -0.05) is 18.3 Å². The molecule has 6 heteroatoms. The summed E-state index contributed by atoms with van der Waals surface area (Å²) in [6, 6.07) is 4.91. The van der Waals surface area contributed by atoms with Crippen LogP contribution < -0.4 is 0 Å². The molecule has 0 saturated carbocycles. The van der Waals surface area contributed by atoms with Crippen molar-refractivity contribution in [2.45, 2.75) is 6.18 Å². The van der Waals surface area contributed by atoms with E-state index in [0.29, 0.717) is 8.52 Å². The lowest BCUT2D eigenvalue weighted by Crippen LogP contribution is -2.05. The molecule has 1 aromatic carbocycles. The highest BCUT2D eigenvalue weighted by Gasteiger charge is 2.33. The summed E-state index contributed by atoms with van der Waals surface area (Å²) in [7, 11) is 0. The van der Waals surface area contributed by atoms with Crippen molar-refractivity contribution in [3.63, 3.8) is 0 Å². The minimum absolute atomic E-state index is 0.186. The van der Waals surface area contributed by atoms with E-state index in [-0.39, 0.29) is 5.39 Å². The van der Waals surface area contributed by atoms with Crippen molar-refractivity contribution in [1.29, 1.82) is 0 Å². The van der Waals surface area contributed by atoms with Gasteiger partial charge < -0.3 is 5.11 Å². The van der Waals surface area contributed by atoms with Crippen LogP contribution in [0.25, 0.3) is 10.1 Å². The summed E-state index contributed by atoms with van der Waals surface area (Å²) < 4.78 is 38.7. The van der Waals surface area contributed by atoms with Gasteiger partial charge in [-0.15, -0.1) is 11.3 Å². The molecule has 0 unspecified atom stereocenters. The fraction of sp³-hybridized carbons (Fsp3) is 0.100. The van der Waals surface area contributed by atoms with Crippen LogP contribution in [0.15, 0.2) is 24.3 Å². The van der Waals surface area contributed by atoms with Crippen molar-refractivity contribution in [1.82, 2.24) is 0 Å². The third kappa shape index (κ3) is 1.90. The average Bonchev–Trinajstić information content (AvgIpc) is 2.14. The Balaban J connectivity index is 2.93. The average molecular weight is 262 g/mol. The molecule has 2 aromatic rings. The van der Waals surface area contributed by atoms with Gasteiger partial charge in [-0.3, -0.25) is 0 Å². The van der Waals surface area contributed by atoms with Gasteiger partial charge in [-0.2, -0.15) is 13.2 Å². The Labute approximate surface area is 97.8 Å². The Morgan fingerprint density at radius 1 is 1.25 bits per heavy atom. The second kappa shape index (κ2) is 3.71. The first-order chi connectivity index (χ1) is 7.39. The van der Waals surface area contributed by atoms with E-state index in [1.807, 2.05) is 0 Å². The minimum Gasteiger partial charge on any atom is -0.507 e. The quantitative estimate of drug-likeness (QED) is 0.712. The van der Waals surface area contributed by atoms with Crippen LogP contribution in [0.4, 0.5) is 13.2 Å². The molecule has 0 amide bonds. The SMILES string of the molecule is Oc1cc(=S)sc2cccc(C(F)(F)F)c12. The number of hydrogen-bond acceptors (Lipinski definition) is 3. The van der Waals surface area contributed by atoms with Crippen LogP contribution in [0, 0.1) is 3.82 Å². The van der Waals surface area contributed by atoms with Crippen molar-refractivity contribution < 1.29 is 18.3 Å². The lowest BCUT2D eigenvalue weighted by atomic mass is 10.1. The van der Waals surface area contributed by atoms with Gasteiger partial charge in [-0.05, 0) is 12.1 Å². The van der Waals surface area contributed by atoms with Crippen molar-refractivity contribution in [2.24, 2.45) is 0 Å². The molecular formula is C10H5F3OS2. The number of alkyl halides is 3. The number of fused-ring (bicyclic) bond motifs is 1. The molecule has 1 aromatic heterocycles. The zero-order chi connectivity index (χ0) is 11.9. The molecule has 0 bridgehead atoms. The maximum Gasteiger partial charge on any atom is 0.417 e. The maximum absolute atomic E-state index is 12.7. The summed E-state index contributed by atoms with van der Waals surface area (Å²) in [5.74, 6) is -0.424. The van der Waals surface area contributed by atoms with Crippen molar-refractivity contribution in [3.05, 3.63) is 33.7 Å². The Kier molecular flexibility index (Phi) is 2.63. The molecule has 0 aliphatic rings. The lowest BCUT2D eigenvalue weighted by Gasteiger charge is -2.10. The van der Waals surface area contributed by atoms with Crippen molar-refractivity contribution in [2.75, 3.05) is 0 Å². The van der Waals surface area contributed by atoms with Gasteiger partial charge in [0.15, 0.2) is 0 Å².